The Labute approximate surface area is 129 Å². The summed E-state index contributed by atoms with van der Waals surface area (Å²) >= 11 is 0. The van der Waals surface area contributed by atoms with E-state index in [1.165, 1.54) is 0 Å². The zero-order valence-corrected chi connectivity index (χ0v) is 14.0. The van der Waals surface area contributed by atoms with Gasteiger partial charge in [-0.05, 0) is 23.3 Å². The van der Waals surface area contributed by atoms with E-state index in [-0.39, 0.29) is 23.3 Å². The predicted molar refractivity (Wildman–Crippen MR) is 88.8 cm³/mol. The van der Waals surface area contributed by atoms with Gasteiger partial charge in [-0.15, -0.1) is 0 Å². The number of nitrogens with one attached hydrogen (secondary N) is 1. The number of nitrogens with two attached hydrogens (primary N) is 1. The van der Waals surface area contributed by atoms with Gasteiger partial charge < -0.3 is 11.1 Å². The summed E-state index contributed by atoms with van der Waals surface area (Å²) in [5.41, 5.74) is 7.32. The highest BCUT2D eigenvalue weighted by molar-refractivity contribution is 5.82. The van der Waals surface area contributed by atoms with Crippen molar-refractivity contribution < 1.29 is 4.79 Å². The molecule has 0 bridgehead atoms. The van der Waals surface area contributed by atoms with Gasteiger partial charge in [-0.1, -0.05) is 71.4 Å². The summed E-state index contributed by atoms with van der Waals surface area (Å²) in [6, 6.07) is 9.69. The molecule has 3 N–H and O–H groups in total. The molecule has 118 valence electrons. The summed E-state index contributed by atoms with van der Waals surface area (Å²) in [7, 11) is 0. The monoisotopic (exact) mass is 290 g/mol. The third kappa shape index (κ3) is 5.88. The van der Waals surface area contributed by atoms with Crippen LogP contribution < -0.4 is 11.1 Å². The Balaban J connectivity index is 2.86. The van der Waals surface area contributed by atoms with Crippen LogP contribution in [0.3, 0.4) is 0 Å². The van der Waals surface area contributed by atoms with E-state index in [9.17, 15) is 4.79 Å². The fourth-order valence-electron chi connectivity index (χ4n) is 2.33. The van der Waals surface area contributed by atoms with Crippen molar-refractivity contribution >= 4 is 5.91 Å². The fourth-order valence-corrected chi connectivity index (χ4v) is 2.33. The molecule has 0 aliphatic rings. The van der Waals surface area contributed by atoms with Crippen LogP contribution in [0.5, 0.6) is 0 Å². The number of benzene rings is 1. The number of amides is 1. The van der Waals surface area contributed by atoms with E-state index in [4.69, 9.17) is 5.73 Å². The van der Waals surface area contributed by atoms with Crippen LogP contribution in [0.1, 0.15) is 59.1 Å². The van der Waals surface area contributed by atoms with Gasteiger partial charge in [-0.25, -0.2) is 0 Å². The van der Waals surface area contributed by atoms with Crippen LogP contribution in [0.4, 0.5) is 0 Å². The smallest absolute Gasteiger partial charge is 0.237 e. The van der Waals surface area contributed by atoms with E-state index in [0.29, 0.717) is 0 Å². The molecule has 0 aromatic heterocycles. The van der Waals surface area contributed by atoms with Crippen molar-refractivity contribution in [3.63, 3.8) is 0 Å². The summed E-state index contributed by atoms with van der Waals surface area (Å²) < 4.78 is 0. The highest BCUT2D eigenvalue weighted by atomic mass is 16.2. The van der Waals surface area contributed by atoms with Crippen molar-refractivity contribution in [1.29, 1.82) is 0 Å². The fraction of sp³-hybridized carbons (Fsp3) is 0.611. The lowest BCUT2D eigenvalue weighted by Crippen LogP contribution is -2.46. The van der Waals surface area contributed by atoms with Gasteiger partial charge in [-0.2, -0.15) is 0 Å². The molecule has 0 saturated carbocycles. The molecule has 0 fully saturated rings. The van der Waals surface area contributed by atoms with Crippen molar-refractivity contribution in [3.05, 3.63) is 35.9 Å². The molecule has 1 amide bonds. The number of carbonyl (C=O) groups is 1. The number of hydrogen-bond donors (Lipinski definition) is 2. The van der Waals surface area contributed by atoms with Crippen LogP contribution in [-0.4, -0.2) is 11.9 Å². The highest BCUT2D eigenvalue weighted by Gasteiger charge is 2.25. The van der Waals surface area contributed by atoms with Gasteiger partial charge in [-0.3, -0.25) is 4.79 Å². The second-order valence-corrected chi connectivity index (χ2v) is 7.15. The maximum Gasteiger partial charge on any atom is 0.237 e. The van der Waals surface area contributed by atoms with E-state index in [1.54, 1.807) is 0 Å². The van der Waals surface area contributed by atoms with Crippen molar-refractivity contribution in [3.8, 4) is 0 Å². The van der Waals surface area contributed by atoms with Gasteiger partial charge >= 0.3 is 0 Å². The minimum absolute atomic E-state index is 0.00815. The molecule has 3 atom stereocenters. The summed E-state index contributed by atoms with van der Waals surface area (Å²) in [6.07, 6.45) is 1.79. The number of rotatable bonds is 6. The molecule has 0 saturated heterocycles. The van der Waals surface area contributed by atoms with Crippen LogP contribution in [0.25, 0.3) is 0 Å². The first kappa shape index (κ1) is 17.7. The Morgan fingerprint density at radius 2 is 1.81 bits per heavy atom. The van der Waals surface area contributed by atoms with Crippen molar-refractivity contribution in [2.24, 2.45) is 17.1 Å². The van der Waals surface area contributed by atoms with Gasteiger partial charge in [0.2, 0.25) is 5.91 Å². The molecule has 3 nitrogen and oxygen atoms in total. The van der Waals surface area contributed by atoms with Crippen molar-refractivity contribution in [2.45, 2.75) is 59.5 Å². The molecule has 1 rings (SSSR count). The first-order valence-electron chi connectivity index (χ1n) is 7.85. The van der Waals surface area contributed by atoms with E-state index >= 15 is 0 Å². The molecule has 1 aromatic rings. The maximum absolute atomic E-state index is 12.4. The third-order valence-electron chi connectivity index (χ3n) is 3.89. The molecule has 0 heterocycles. The van der Waals surface area contributed by atoms with Gasteiger partial charge in [0.15, 0.2) is 0 Å². The lowest BCUT2D eigenvalue weighted by atomic mass is 9.85. The molecule has 1 aromatic carbocycles. The zero-order valence-electron chi connectivity index (χ0n) is 14.0. The normalized spacial score (nSPS) is 16.1. The molecule has 2 unspecified atom stereocenters. The van der Waals surface area contributed by atoms with Gasteiger partial charge in [0, 0.05) is 0 Å². The predicted octanol–water partition coefficient (Wildman–Crippen LogP) is 3.65. The quantitative estimate of drug-likeness (QED) is 0.840. The van der Waals surface area contributed by atoms with Crippen LogP contribution in [0.15, 0.2) is 30.3 Å². The first-order valence-corrected chi connectivity index (χ1v) is 7.85. The number of hydrogen-bond acceptors (Lipinski definition) is 2. The first-order chi connectivity index (χ1) is 9.74. The van der Waals surface area contributed by atoms with Crippen LogP contribution in [0, 0.1) is 11.3 Å². The van der Waals surface area contributed by atoms with Gasteiger partial charge in [0.1, 0.15) is 0 Å². The van der Waals surface area contributed by atoms with Crippen molar-refractivity contribution in [2.75, 3.05) is 0 Å². The molecular formula is C18H30N2O. The van der Waals surface area contributed by atoms with E-state index < -0.39 is 6.04 Å². The average Bonchev–Trinajstić information content (AvgIpc) is 2.44. The van der Waals surface area contributed by atoms with E-state index in [2.05, 4.69) is 45.1 Å². The van der Waals surface area contributed by atoms with Crippen LogP contribution in [0.2, 0.25) is 0 Å². The molecule has 0 aliphatic heterocycles. The Bertz CT molecular complexity index is 436. The van der Waals surface area contributed by atoms with E-state index in [1.807, 2.05) is 25.1 Å². The average molecular weight is 290 g/mol. The minimum Gasteiger partial charge on any atom is -0.348 e. The second kappa shape index (κ2) is 7.60. The topological polar surface area (TPSA) is 55.1 Å². The molecule has 3 heteroatoms. The Morgan fingerprint density at radius 3 is 2.29 bits per heavy atom. The largest absolute Gasteiger partial charge is 0.348 e. The minimum atomic E-state index is -0.443. The summed E-state index contributed by atoms with van der Waals surface area (Å²) in [4.78, 5) is 12.4. The molecule has 0 aliphatic carbocycles. The van der Waals surface area contributed by atoms with Crippen molar-refractivity contribution in [1.82, 2.24) is 5.32 Å². The number of carbonyl (C=O) groups excluding carboxylic acids is 1. The summed E-state index contributed by atoms with van der Waals surface area (Å²) in [6.45, 7) is 10.6. The standard InChI is InChI=1S/C18H30N2O/c1-6-13(2)16(19)17(21)20-15(12-18(3,4)5)14-10-8-7-9-11-14/h7-11,13,15-16H,6,12,19H2,1-5H3,(H,20,21)/t13?,15?,16-/m0/s1. The summed E-state index contributed by atoms with van der Waals surface area (Å²) in [5.74, 6) is 0.138. The summed E-state index contributed by atoms with van der Waals surface area (Å²) in [5, 5.41) is 3.14. The maximum atomic E-state index is 12.4. The lowest BCUT2D eigenvalue weighted by molar-refractivity contribution is -0.124. The Morgan fingerprint density at radius 1 is 1.24 bits per heavy atom. The second-order valence-electron chi connectivity index (χ2n) is 7.15. The molecule has 0 radical (unpaired) electrons. The lowest BCUT2D eigenvalue weighted by Gasteiger charge is -2.29. The van der Waals surface area contributed by atoms with Crippen LogP contribution >= 0.6 is 0 Å². The zero-order chi connectivity index (χ0) is 16.0. The Kier molecular flexibility index (Phi) is 6.41. The molecular weight excluding hydrogens is 260 g/mol. The molecule has 0 spiro atoms. The van der Waals surface area contributed by atoms with Gasteiger partial charge in [0.25, 0.3) is 0 Å². The molecule has 21 heavy (non-hydrogen) atoms. The third-order valence-corrected chi connectivity index (χ3v) is 3.89. The van der Waals surface area contributed by atoms with Crippen LogP contribution in [-0.2, 0) is 4.79 Å². The van der Waals surface area contributed by atoms with E-state index in [0.717, 1.165) is 18.4 Å². The van der Waals surface area contributed by atoms with Gasteiger partial charge in [0.05, 0.1) is 12.1 Å². The Hall–Kier alpha value is -1.35. The SMILES string of the molecule is CCC(C)[C@H](N)C(=O)NC(CC(C)(C)C)c1ccccc1. The highest BCUT2D eigenvalue weighted by Crippen LogP contribution is 2.29.